The van der Waals surface area contributed by atoms with Crippen LogP contribution in [-0.2, 0) is 16.1 Å². The predicted molar refractivity (Wildman–Crippen MR) is 106 cm³/mol. The van der Waals surface area contributed by atoms with Crippen molar-refractivity contribution < 1.29 is 9.59 Å². The molecule has 26 heavy (non-hydrogen) atoms. The number of likely N-dealkylation sites (N-methyl/N-ethyl adjacent to an activating group) is 1. The third-order valence-electron chi connectivity index (χ3n) is 5.31. The van der Waals surface area contributed by atoms with Crippen LogP contribution >= 0.6 is 0 Å². The van der Waals surface area contributed by atoms with E-state index in [4.69, 9.17) is 0 Å². The number of benzene rings is 1. The number of nitrogens with zero attached hydrogens (tertiary/aromatic N) is 2. The van der Waals surface area contributed by atoms with Crippen LogP contribution in [0.1, 0.15) is 58.4 Å². The Labute approximate surface area is 157 Å². The molecule has 1 aromatic carbocycles. The van der Waals surface area contributed by atoms with E-state index in [0.29, 0.717) is 25.7 Å². The largest absolute Gasteiger partial charge is 0.376 e. The van der Waals surface area contributed by atoms with Crippen molar-refractivity contribution in [1.29, 1.82) is 0 Å². The summed E-state index contributed by atoms with van der Waals surface area (Å²) in [4.78, 5) is 28.3. The standard InChI is InChI=1S/C21H33N3O2/c1-4-23(17(3)25)16-18-11-9-10-14-20(18)22-15-21(26)24(5-2)19-12-7-6-8-13-19/h9-11,14,19,22H,4-8,12-13,15-16H2,1-3H3. The fourth-order valence-corrected chi connectivity index (χ4v) is 3.79. The van der Waals surface area contributed by atoms with Crippen LogP contribution in [0.3, 0.4) is 0 Å². The van der Waals surface area contributed by atoms with Crippen LogP contribution in [0.15, 0.2) is 24.3 Å². The average molecular weight is 360 g/mol. The van der Waals surface area contributed by atoms with E-state index in [-0.39, 0.29) is 11.8 Å². The van der Waals surface area contributed by atoms with Gasteiger partial charge in [0.25, 0.3) is 0 Å². The zero-order valence-corrected chi connectivity index (χ0v) is 16.5. The summed E-state index contributed by atoms with van der Waals surface area (Å²) in [6, 6.07) is 8.31. The fraction of sp³-hybridized carbons (Fsp3) is 0.619. The van der Waals surface area contributed by atoms with Crippen molar-refractivity contribution in [3.8, 4) is 0 Å². The number of hydrogen-bond donors (Lipinski definition) is 1. The normalized spacial score (nSPS) is 14.7. The number of para-hydroxylation sites is 1. The molecule has 0 spiro atoms. The lowest BCUT2D eigenvalue weighted by molar-refractivity contribution is -0.132. The van der Waals surface area contributed by atoms with Gasteiger partial charge in [0.15, 0.2) is 0 Å². The molecule has 0 saturated heterocycles. The van der Waals surface area contributed by atoms with E-state index in [1.165, 1.54) is 19.3 Å². The van der Waals surface area contributed by atoms with Gasteiger partial charge in [0.2, 0.25) is 11.8 Å². The molecule has 1 N–H and O–H groups in total. The highest BCUT2D eigenvalue weighted by Crippen LogP contribution is 2.23. The second kappa shape index (κ2) is 10.2. The van der Waals surface area contributed by atoms with Crippen molar-refractivity contribution in [2.24, 2.45) is 0 Å². The first-order valence-corrected chi connectivity index (χ1v) is 9.93. The molecular formula is C21H33N3O2. The molecule has 0 bridgehead atoms. The highest BCUT2D eigenvalue weighted by atomic mass is 16.2. The maximum Gasteiger partial charge on any atom is 0.242 e. The van der Waals surface area contributed by atoms with Gasteiger partial charge in [-0.3, -0.25) is 9.59 Å². The minimum absolute atomic E-state index is 0.0628. The summed E-state index contributed by atoms with van der Waals surface area (Å²) in [5.41, 5.74) is 1.97. The maximum atomic E-state index is 12.7. The van der Waals surface area contributed by atoms with Gasteiger partial charge in [-0.2, -0.15) is 0 Å². The van der Waals surface area contributed by atoms with Gasteiger partial charge < -0.3 is 15.1 Å². The number of carbonyl (C=O) groups is 2. The molecule has 0 aromatic heterocycles. The smallest absolute Gasteiger partial charge is 0.242 e. The number of carbonyl (C=O) groups excluding carboxylic acids is 2. The van der Waals surface area contributed by atoms with Gasteiger partial charge in [-0.05, 0) is 38.3 Å². The molecule has 0 heterocycles. The minimum atomic E-state index is 0.0628. The zero-order chi connectivity index (χ0) is 18.9. The Morgan fingerprint density at radius 2 is 1.77 bits per heavy atom. The van der Waals surface area contributed by atoms with Crippen LogP contribution in [0.2, 0.25) is 0 Å². The van der Waals surface area contributed by atoms with Gasteiger partial charge in [-0.1, -0.05) is 37.5 Å². The van der Waals surface area contributed by atoms with Crippen LogP contribution in [-0.4, -0.2) is 47.3 Å². The molecule has 2 rings (SSSR count). The number of rotatable bonds is 8. The predicted octanol–water partition coefficient (Wildman–Crippen LogP) is 3.65. The van der Waals surface area contributed by atoms with Crippen molar-refractivity contribution >= 4 is 17.5 Å². The highest BCUT2D eigenvalue weighted by Gasteiger charge is 2.23. The van der Waals surface area contributed by atoms with Crippen molar-refractivity contribution in [1.82, 2.24) is 9.80 Å². The SMILES string of the molecule is CCN(Cc1ccccc1NCC(=O)N(CC)C1CCCCC1)C(C)=O. The molecule has 0 radical (unpaired) electrons. The fourth-order valence-electron chi connectivity index (χ4n) is 3.79. The lowest BCUT2D eigenvalue weighted by atomic mass is 9.94. The zero-order valence-electron chi connectivity index (χ0n) is 16.5. The van der Waals surface area contributed by atoms with E-state index < -0.39 is 0 Å². The van der Waals surface area contributed by atoms with E-state index in [0.717, 1.165) is 30.6 Å². The third-order valence-corrected chi connectivity index (χ3v) is 5.31. The summed E-state index contributed by atoms with van der Waals surface area (Å²) < 4.78 is 0. The van der Waals surface area contributed by atoms with Crippen LogP contribution in [0, 0.1) is 0 Å². The molecule has 1 saturated carbocycles. The van der Waals surface area contributed by atoms with Crippen molar-refractivity contribution in [3.63, 3.8) is 0 Å². The number of anilines is 1. The van der Waals surface area contributed by atoms with Crippen LogP contribution < -0.4 is 5.32 Å². The molecule has 0 atom stereocenters. The van der Waals surface area contributed by atoms with Gasteiger partial charge >= 0.3 is 0 Å². The van der Waals surface area contributed by atoms with Gasteiger partial charge in [0.05, 0.1) is 6.54 Å². The summed E-state index contributed by atoms with van der Waals surface area (Å²) in [6.45, 7) is 7.93. The third kappa shape index (κ3) is 5.48. The molecule has 1 fully saturated rings. The Morgan fingerprint density at radius 1 is 1.08 bits per heavy atom. The Hall–Kier alpha value is -2.04. The summed E-state index contributed by atoms with van der Waals surface area (Å²) in [5.74, 6) is 0.223. The molecule has 0 unspecified atom stereocenters. The Balaban J connectivity index is 1.99. The molecule has 1 aliphatic rings. The Morgan fingerprint density at radius 3 is 2.38 bits per heavy atom. The van der Waals surface area contributed by atoms with E-state index in [2.05, 4.69) is 12.2 Å². The lowest BCUT2D eigenvalue weighted by Gasteiger charge is -2.34. The second-order valence-corrected chi connectivity index (χ2v) is 7.02. The second-order valence-electron chi connectivity index (χ2n) is 7.02. The Kier molecular flexibility index (Phi) is 7.95. The van der Waals surface area contributed by atoms with Crippen molar-refractivity contribution in [2.75, 3.05) is 25.0 Å². The number of amides is 2. The topological polar surface area (TPSA) is 52.7 Å². The van der Waals surface area contributed by atoms with E-state index in [9.17, 15) is 9.59 Å². The first kappa shape index (κ1) is 20.3. The van der Waals surface area contributed by atoms with Crippen molar-refractivity contribution in [2.45, 2.75) is 65.5 Å². The maximum absolute atomic E-state index is 12.7. The monoisotopic (exact) mass is 359 g/mol. The summed E-state index contributed by atoms with van der Waals surface area (Å²) in [6.07, 6.45) is 5.99. The van der Waals surface area contributed by atoms with Crippen LogP contribution in [0.25, 0.3) is 0 Å². The van der Waals surface area contributed by atoms with E-state index in [1.807, 2.05) is 36.1 Å². The molecule has 1 aliphatic carbocycles. The summed E-state index contributed by atoms with van der Waals surface area (Å²) >= 11 is 0. The summed E-state index contributed by atoms with van der Waals surface area (Å²) in [5, 5.41) is 3.31. The first-order chi connectivity index (χ1) is 12.6. The molecule has 1 aromatic rings. The number of hydrogen-bond acceptors (Lipinski definition) is 3. The number of nitrogens with one attached hydrogen (secondary N) is 1. The Bertz CT molecular complexity index is 597. The molecule has 0 aliphatic heterocycles. The van der Waals surface area contributed by atoms with E-state index in [1.54, 1.807) is 11.8 Å². The quantitative estimate of drug-likeness (QED) is 0.771. The molecule has 5 heteroatoms. The van der Waals surface area contributed by atoms with Crippen LogP contribution in [0.5, 0.6) is 0 Å². The summed E-state index contributed by atoms with van der Waals surface area (Å²) in [7, 11) is 0. The molecule has 144 valence electrons. The van der Waals surface area contributed by atoms with E-state index >= 15 is 0 Å². The molecule has 2 amide bonds. The molecular weight excluding hydrogens is 326 g/mol. The highest BCUT2D eigenvalue weighted by molar-refractivity contribution is 5.81. The van der Waals surface area contributed by atoms with Gasteiger partial charge in [-0.25, -0.2) is 0 Å². The first-order valence-electron chi connectivity index (χ1n) is 9.93. The average Bonchev–Trinajstić information content (AvgIpc) is 2.66. The van der Waals surface area contributed by atoms with Gasteiger partial charge in [0, 0.05) is 38.3 Å². The molecule has 5 nitrogen and oxygen atoms in total. The lowest BCUT2D eigenvalue weighted by Crippen LogP contribution is -2.44. The van der Waals surface area contributed by atoms with Gasteiger partial charge in [0.1, 0.15) is 0 Å². The van der Waals surface area contributed by atoms with Crippen LogP contribution in [0.4, 0.5) is 5.69 Å². The van der Waals surface area contributed by atoms with Crippen molar-refractivity contribution in [3.05, 3.63) is 29.8 Å². The minimum Gasteiger partial charge on any atom is -0.376 e. The van der Waals surface area contributed by atoms with Gasteiger partial charge in [-0.15, -0.1) is 0 Å².